The van der Waals surface area contributed by atoms with Gasteiger partial charge in [-0.05, 0) is 48.1 Å². The zero-order valence-electron chi connectivity index (χ0n) is 13.8. The van der Waals surface area contributed by atoms with Crippen molar-refractivity contribution in [3.8, 4) is 0 Å². The van der Waals surface area contributed by atoms with Crippen LogP contribution in [0.1, 0.15) is 5.56 Å². The molecule has 3 N–H and O–H groups in total. The second-order valence-corrected chi connectivity index (χ2v) is 8.11. The van der Waals surface area contributed by atoms with E-state index in [1.807, 2.05) is 30.3 Å². The fraction of sp³-hybridized carbons (Fsp3) is 0.111. The summed E-state index contributed by atoms with van der Waals surface area (Å²) in [6.45, 7) is 0. The van der Waals surface area contributed by atoms with Gasteiger partial charge in [-0.25, -0.2) is 4.39 Å². The van der Waals surface area contributed by atoms with E-state index >= 15 is 0 Å². The summed E-state index contributed by atoms with van der Waals surface area (Å²) in [4.78, 5) is 12.1. The standard InChI is InChI=1S/C18H15Cl3FN3OS/c19-18(20,21)16(24-15(26)11-6-12-4-2-1-3-5-12)25-17(27)23-14-9-7-13(22)8-10-14/h1-11,16H,(H,24,26)(H2,23,25,27)/b11-6+. The summed E-state index contributed by atoms with van der Waals surface area (Å²) in [6, 6.07) is 14.8. The summed E-state index contributed by atoms with van der Waals surface area (Å²) in [5.74, 6) is -0.858. The zero-order valence-corrected chi connectivity index (χ0v) is 16.8. The van der Waals surface area contributed by atoms with Gasteiger partial charge in [0.15, 0.2) is 5.11 Å². The van der Waals surface area contributed by atoms with E-state index in [0.29, 0.717) is 5.69 Å². The molecule has 1 atom stereocenters. The molecule has 0 aliphatic carbocycles. The average Bonchev–Trinajstić information content (AvgIpc) is 2.61. The maximum Gasteiger partial charge on any atom is 0.245 e. The number of nitrogens with one attached hydrogen (secondary N) is 3. The summed E-state index contributed by atoms with van der Waals surface area (Å²) >= 11 is 22.9. The maximum atomic E-state index is 12.9. The Morgan fingerprint density at radius 1 is 1.04 bits per heavy atom. The number of hydrogen-bond donors (Lipinski definition) is 3. The van der Waals surface area contributed by atoms with E-state index < -0.39 is 15.9 Å². The van der Waals surface area contributed by atoms with E-state index in [4.69, 9.17) is 47.0 Å². The number of rotatable bonds is 5. The minimum Gasteiger partial charge on any atom is -0.339 e. The van der Waals surface area contributed by atoms with Gasteiger partial charge in [0.25, 0.3) is 0 Å². The van der Waals surface area contributed by atoms with Gasteiger partial charge in [-0.15, -0.1) is 0 Å². The smallest absolute Gasteiger partial charge is 0.245 e. The first kappa shape index (κ1) is 21.4. The van der Waals surface area contributed by atoms with Crippen LogP contribution in [0.15, 0.2) is 60.7 Å². The molecule has 1 amide bonds. The van der Waals surface area contributed by atoms with E-state index in [2.05, 4.69) is 16.0 Å². The molecule has 0 aliphatic rings. The maximum absolute atomic E-state index is 12.9. The molecule has 0 aromatic heterocycles. The van der Waals surface area contributed by atoms with E-state index in [1.54, 1.807) is 6.08 Å². The molecular weight excluding hydrogens is 432 g/mol. The van der Waals surface area contributed by atoms with Crippen molar-refractivity contribution in [1.82, 2.24) is 10.6 Å². The Morgan fingerprint density at radius 3 is 2.26 bits per heavy atom. The van der Waals surface area contributed by atoms with E-state index in [0.717, 1.165) is 5.56 Å². The molecular formula is C18H15Cl3FN3OS. The van der Waals surface area contributed by atoms with Crippen LogP contribution in [0.25, 0.3) is 6.08 Å². The Labute approximate surface area is 176 Å². The van der Waals surface area contributed by atoms with Crippen LogP contribution in [0.2, 0.25) is 0 Å². The van der Waals surface area contributed by atoms with Gasteiger partial charge in [-0.2, -0.15) is 0 Å². The summed E-state index contributed by atoms with van der Waals surface area (Å²) in [5.41, 5.74) is 1.38. The first-order valence-electron chi connectivity index (χ1n) is 7.67. The minimum atomic E-state index is -1.87. The summed E-state index contributed by atoms with van der Waals surface area (Å²) in [7, 11) is 0. The molecule has 142 valence electrons. The Kier molecular flexibility index (Phi) is 7.86. The number of hydrogen-bond acceptors (Lipinski definition) is 2. The SMILES string of the molecule is O=C(/C=C/c1ccccc1)NC(NC(=S)Nc1ccc(F)cc1)C(Cl)(Cl)Cl. The number of thiocarbonyl (C=S) groups is 1. The molecule has 2 aromatic rings. The van der Waals surface area contributed by atoms with Gasteiger partial charge < -0.3 is 16.0 Å². The van der Waals surface area contributed by atoms with Crippen LogP contribution in [0.3, 0.4) is 0 Å². The van der Waals surface area contributed by atoms with Crippen molar-refractivity contribution in [3.05, 3.63) is 72.1 Å². The highest BCUT2D eigenvalue weighted by molar-refractivity contribution is 7.80. The number of amides is 1. The van der Waals surface area contributed by atoms with Gasteiger partial charge >= 0.3 is 0 Å². The van der Waals surface area contributed by atoms with E-state index in [-0.39, 0.29) is 10.9 Å². The van der Waals surface area contributed by atoms with Crippen LogP contribution in [-0.2, 0) is 4.79 Å². The first-order chi connectivity index (χ1) is 12.7. The summed E-state index contributed by atoms with van der Waals surface area (Å²) in [5, 5.41) is 8.15. The molecule has 0 fully saturated rings. The predicted octanol–water partition coefficient (Wildman–Crippen LogP) is 4.64. The lowest BCUT2D eigenvalue weighted by atomic mass is 10.2. The van der Waals surface area contributed by atoms with Crippen molar-refractivity contribution >= 4 is 69.8 Å². The molecule has 0 aliphatic heterocycles. The zero-order chi connectivity index (χ0) is 19.9. The van der Waals surface area contributed by atoms with Crippen molar-refractivity contribution in [2.45, 2.75) is 9.96 Å². The lowest BCUT2D eigenvalue weighted by molar-refractivity contribution is -0.117. The third-order valence-electron chi connectivity index (χ3n) is 3.22. The molecule has 2 aromatic carbocycles. The van der Waals surface area contributed by atoms with Gasteiger partial charge in [-0.1, -0.05) is 65.1 Å². The molecule has 0 heterocycles. The Bertz CT molecular complexity index is 811. The number of benzene rings is 2. The van der Waals surface area contributed by atoms with Crippen LogP contribution in [0.5, 0.6) is 0 Å². The molecule has 27 heavy (non-hydrogen) atoms. The number of halogens is 4. The van der Waals surface area contributed by atoms with Crippen LogP contribution in [0, 0.1) is 5.82 Å². The molecule has 2 rings (SSSR count). The van der Waals surface area contributed by atoms with Crippen LogP contribution in [-0.4, -0.2) is 21.0 Å². The second-order valence-electron chi connectivity index (χ2n) is 5.33. The highest BCUT2D eigenvalue weighted by Gasteiger charge is 2.34. The predicted molar refractivity (Wildman–Crippen MR) is 113 cm³/mol. The molecule has 0 radical (unpaired) electrons. The third kappa shape index (κ3) is 7.72. The Balaban J connectivity index is 1.98. The number of anilines is 1. The van der Waals surface area contributed by atoms with Crippen molar-refractivity contribution in [2.75, 3.05) is 5.32 Å². The highest BCUT2D eigenvalue weighted by atomic mass is 35.6. The number of carbonyl (C=O) groups is 1. The first-order valence-corrected chi connectivity index (χ1v) is 9.22. The molecule has 0 saturated heterocycles. The highest BCUT2D eigenvalue weighted by Crippen LogP contribution is 2.29. The van der Waals surface area contributed by atoms with Crippen molar-refractivity contribution in [2.24, 2.45) is 0 Å². The van der Waals surface area contributed by atoms with E-state index in [9.17, 15) is 9.18 Å². The number of carbonyl (C=O) groups excluding carboxylic acids is 1. The summed E-state index contributed by atoms with van der Waals surface area (Å²) < 4.78 is 11.1. The van der Waals surface area contributed by atoms with Gasteiger partial charge in [0.05, 0.1) is 0 Å². The van der Waals surface area contributed by atoms with Crippen molar-refractivity contribution in [3.63, 3.8) is 0 Å². The quantitative estimate of drug-likeness (QED) is 0.271. The fourth-order valence-corrected chi connectivity index (χ4v) is 2.52. The molecule has 9 heteroatoms. The van der Waals surface area contributed by atoms with Gasteiger partial charge in [0, 0.05) is 11.8 Å². The fourth-order valence-electron chi connectivity index (χ4n) is 1.96. The molecule has 4 nitrogen and oxygen atoms in total. The van der Waals surface area contributed by atoms with Crippen molar-refractivity contribution < 1.29 is 9.18 Å². The monoisotopic (exact) mass is 445 g/mol. The molecule has 0 saturated carbocycles. The van der Waals surface area contributed by atoms with Crippen LogP contribution in [0.4, 0.5) is 10.1 Å². The van der Waals surface area contributed by atoms with Gasteiger partial charge in [0.1, 0.15) is 12.0 Å². The third-order valence-corrected chi connectivity index (χ3v) is 4.09. The van der Waals surface area contributed by atoms with E-state index in [1.165, 1.54) is 30.3 Å². The Morgan fingerprint density at radius 2 is 1.67 bits per heavy atom. The van der Waals surface area contributed by atoms with Crippen molar-refractivity contribution in [1.29, 1.82) is 0 Å². The largest absolute Gasteiger partial charge is 0.339 e. The lowest BCUT2D eigenvalue weighted by Crippen LogP contribution is -2.55. The molecule has 0 spiro atoms. The van der Waals surface area contributed by atoms with Crippen LogP contribution >= 0.6 is 47.0 Å². The summed E-state index contributed by atoms with van der Waals surface area (Å²) in [6.07, 6.45) is 1.84. The number of alkyl halides is 3. The normalized spacial score (nSPS) is 12.4. The lowest BCUT2D eigenvalue weighted by Gasteiger charge is -2.27. The Hall–Kier alpha value is -1.86. The molecule has 1 unspecified atom stereocenters. The van der Waals surface area contributed by atoms with Gasteiger partial charge in [0.2, 0.25) is 9.70 Å². The average molecular weight is 447 g/mol. The minimum absolute atomic E-state index is 0.0882. The second kappa shape index (κ2) is 9.90. The van der Waals surface area contributed by atoms with Gasteiger partial charge in [-0.3, -0.25) is 4.79 Å². The topological polar surface area (TPSA) is 53.2 Å². The van der Waals surface area contributed by atoms with Crippen LogP contribution < -0.4 is 16.0 Å². The molecule has 0 bridgehead atoms.